The van der Waals surface area contributed by atoms with Gasteiger partial charge in [0.2, 0.25) is 0 Å². The largest absolute Gasteiger partial charge is 0.308 e. The molecular formula is C13H18N4. The van der Waals surface area contributed by atoms with E-state index in [0.29, 0.717) is 6.04 Å². The zero-order valence-electron chi connectivity index (χ0n) is 10.3. The molecule has 1 atom stereocenters. The van der Waals surface area contributed by atoms with Gasteiger partial charge < -0.3 is 5.32 Å². The summed E-state index contributed by atoms with van der Waals surface area (Å²) in [6.07, 6.45) is 7.62. The fourth-order valence-electron chi connectivity index (χ4n) is 1.71. The van der Waals surface area contributed by atoms with E-state index in [2.05, 4.69) is 41.5 Å². The zero-order chi connectivity index (χ0) is 12.1. The van der Waals surface area contributed by atoms with Crippen LogP contribution in [0.4, 0.5) is 0 Å². The van der Waals surface area contributed by atoms with E-state index in [1.165, 1.54) is 11.1 Å². The molecule has 0 bridgehead atoms. The van der Waals surface area contributed by atoms with E-state index < -0.39 is 0 Å². The Labute approximate surface area is 102 Å². The maximum absolute atomic E-state index is 4.28. The van der Waals surface area contributed by atoms with Crippen molar-refractivity contribution in [3.8, 4) is 0 Å². The third kappa shape index (κ3) is 3.67. The van der Waals surface area contributed by atoms with Gasteiger partial charge in [0.25, 0.3) is 0 Å². The fourth-order valence-corrected chi connectivity index (χ4v) is 1.71. The molecule has 2 aromatic rings. The average molecular weight is 230 g/mol. The van der Waals surface area contributed by atoms with Crippen LogP contribution in [0.3, 0.4) is 0 Å². The summed E-state index contributed by atoms with van der Waals surface area (Å²) in [5.41, 5.74) is 2.40. The van der Waals surface area contributed by atoms with Gasteiger partial charge in [0.15, 0.2) is 0 Å². The maximum Gasteiger partial charge on any atom is 0.0560 e. The number of pyridine rings is 1. The second kappa shape index (κ2) is 5.59. The van der Waals surface area contributed by atoms with E-state index in [4.69, 9.17) is 0 Å². The van der Waals surface area contributed by atoms with E-state index in [-0.39, 0.29) is 0 Å². The highest BCUT2D eigenvalue weighted by Crippen LogP contribution is 1.99. The van der Waals surface area contributed by atoms with Crippen LogP contribution in [0.2, 0.25) is 0 Å². The van der Waals surface area contributed by atoms with Gasteiger partial charge in [0, 0.05) is 31.2 Å². The topological polar surface area (TPSA) is 42.7 Å². The van der Waals surface area contributed by atoms with Gasteiger partial charge in [-0.1, -0.05) is 6.07 Å². The van der Waals surface area contributed by atoms with E-state index in [0.717, 1.165) is 13.1 Å². The summed E-state index contributed by atoms with van der Waals surface area (Å²) < 4.78 is 1.97. The van der Waals surface area contributed by atoms with E-state index >= 15 is 0 Å². The minimum Gasteiger partial charge on any atom is -0.308 e. The first kappa shape index (κ1) is 11.8. The van der Waals surface area contributed by atoms with Crippen LogP contribution in [-0.2, 0) is 13.1 Å². The van der Waals surface area contributed by atoms with Crippen molar-refractivity contribution in [2.45, 2.75) is 33.0 Å². The van der Waals surface area contributed by atoms with Crippen molar-refractivity contribution in [2.75, 3.05) is 0 Å². The third-order valence-electron chi connectivity index (χ3n) is 2.60. The van der Waals surface area contributed by atoms with E-state index in [1.807, 2.05) is 23.1 Å². The van der Waals surface area contributed by atoms with Gasteiger partial charge in [0.1, 0.15) is 0 Å². The van der Waals surface area contributed by atoms with Crippen molar-refractivity contribution in [2.24, 2.45) is 0 Å². The van der Waals surface area contributed by atoms with Crippen LogP contribution in [-0.4, -0.2) is 20.8 Å². The second-order valence-corrected chi connectivity index (χ2v) is 4.38. The minimum absolute atomic E-state index is 0.384. The Morgan fingerprint density at radius 2 is 2.29 bits per heavy atom. The molecule has 0 aromatic carbocycles. The monoisotopic (exact) mass is 230 g/mol. The predicted molar refractivity (Wildman–Crippen MR) is 67.5 cm³/mol. The van der Waals surface area contributed by atoms with Crippen LogP contribution >= 0.6 is 0 Å². The van der Waals surface area contributed by atoms with Crippen molar-refractivity contribution >= 4 is 0 Å². The molecule has 0 saturated carbocycles. The molecule has 2 aromatic heterocycles. The summed E-state index contributed by atoms with van der Waals surface area (Å²) in [7, 11) is 0. The standard InChI is InChI=1S/C13H18N4/c1-11-6-16-17(9-11)10-12(2)15-8-13-4-3-5-14-7-13/h3-7,9,12,15H,8,10H2,1-2H3. The summed E-state index contributed by atoms with van der Waals surface area (Å²) in [6.45, 7) is 5.94. The first-order valence-electron chi connectivity index (χ1n) is 5.85. The molecule has 4 heteroatoms. The zero-order valence-corrected chi connectivity index (χ0v) is 10.3. The molecule has 90 valence electrons. The molecule has 1 N–H and O–H groups in total. The Balaban J connectivity index is 1.80. The Bertz CT molecular complexity index is 449. The highest BCUT2D eigenvalue weighted by atomic mass is 15.3. The molecule has 0 aliphatic heterocycles. The van der Waals surface area contributed by atoms with Gasteiger partial charge in [-0.15, -0.1) is 0 Å². The number of nitrogens with one attached hydrogen (secondary N) is 1. The molecule has 2 rings (SSSR count). The Kier molecular flexibility index (Phi) is 3.88. The van der Waals surface area contributed by atoms with Crippen molar-refractivity contribution in [1.29, 1.82) is 0 Å². The fraction of sp³-hybridized carbons (Fsp3) is 0.385. The molecule has 0 saturated heterocycles. The first-order chi connectivity index (χ1) is 8.24. The van der Waals surface area contributed by atoms with Crippen LogP contribution in [0.25, 0.3) is 0 Å². The molecule has 0 aliphatic carbocycles. The van der Waals surface area contributed by atoms with Crippen LogP contribution in [0, 0.1) is 6.92 Å². The number of aryl methyl sites for hydroxylation is 1. The third-order valence-corrected chi connectivity index (χ3v) is 2.60. The van der Waals surface area contributed by atoms with Crippen LogP contribution < -0.4 is 5.32 Å². The molecular weight excluding hydrogens is 212 g/mol. The Morgan fingerprint density at radius 3 is 2.94 bits per heavy atom. The van der Waals surface area contributed by atoms with Gasteiger partial charge in [-0.2, -0.15) is 5.10 Å². The quantitative estimate of drug-likeness (QED) is 0.851. The van der Waals surface area contributed by atoms with Crippen LogP contribution in [0.15, 0.2) is 36.9 Å². The normalized spacial score (nSPS) is 12.6. The van der Waals surface area contributed by atoms with Crippen molar-refractivity contribution in [3.05, 3.63) is 48.0 Å². The number of hydrogen-bond acceptors (Lipinski definition) is 3. The van der Waals surface area contributed by atoms with Gasteiger partial charge in [-0.3, -0.25) is 9.67 Å². The van der Waals surface area contributed by atoms with Gasteiger partial charge >= 0.3 is 0 Å². The van der Waals surface area contributed by atoms with Crippen molar-refractivity contribution in [3.63, 3.8) is 0 Å². The predicted octanol–water partition coefficient (Wildman–Crippen LogP) is 1.76. The molecule has 0 amide bonds. The van der Waals surface area contributed by atoms with Crippen molar-refractivity contribution < 1.29 is 0 Å². The van der Waals surface area contributed by atoms with E-state index in [1.54, 1.807) is 6.20 Å². The summed E-state index contributed by atoms with van der Waals surface area (Å²) in [5, 5.41) is 7.73. The lowest BCUT2D eigenvalue weighted by atomic mass is 10.2. The summed E-state index contributed by atoms with van der Waals surface area (Å²) in [5.74, 6) is 0. The molecule has 2 heterocycles. The average Bonchev–Trinajstić information content (AvgIpc) is 2.73. The molecule has 0 spiro atoms. The summed E-state index contributed by atoms with van der Waals surface area (Å²) in [4.78, 5) is 4.09. The van der Waals surface area contributed by atoms with E-state index in [9.17, 15) is 0 Å². The molecule has 0 fully saturated rings. The van der Waals surface area contributed by atoms with Gasteiger partial charge in [0.05, 0.1) is 12.7 Å². The SMILES string of the molecule is Cc1cnn(CC(C)NCc2cccnc2)c1. The van der Waals surface area contributed by atoms with Crippen LogP contribution in [0.5, 0.6) is 0 Å². The Morgan fingerprint density at radius 1 is 1.41 bits per heavy atom. The second-order valence-electron chi connectivity index (χ2n) is 4.38. The molecule has 17 heavy (non-hydrogen) atoms. The molecule has 4 nitrogen and oxygen atoms in total. The number of nitrogens with zero attached hydrogens (tertiary/aromatic N) is 3. The minimum atomic E-state index is 0.384. The smallest absolute Gasteiger partial charge is 0.0560 e. The first-order valence-corrected chi connectivity index (χ1v) is 5.85. The van der Waals surface area contributed by atoms with Gasteiger partial charge in [-0.25, -0.2) is 0 Å². The summed E-state index contributed by atoms with van der Waals surface area (Å²) in [6, 6.07) is 4.41. The molecule has 1 unspecified atom stereocenters. The number of aromatic nitrogens is 3. The number of rotatable bonds is 5. The lowest BCUT2D eigenvalue weighted by Gasteiger charge is -2.13. The van der Waals surface area contributed by atoms with Gasteiger partial charge in [-0.05, 0) is 31.0 Å². The van der Waals surface area contributed by atoms with Crippen molar-refractivity contribution in [1.82, 2.24) is 20.1 Å². The lowest BCUT2D eigenvalue weighted by Crippen LogP contribution is -2.30. The molecule has 0 radical (unpaired) electrons. The maximum atomic E-state index is 4.28. The Hall–Kier alpha value is -1.68. The summed E-state index contributed by atoms with van der Waals surface area (Å²) >= 11 is 0. The lowest BCUT2D eigenvalue weighted by molar-refractivity contribution is 0.450. The highest BCUT2D eigenvalue weighted by Gasteiger charge is 2.03. The number of hydrogen-bond donors (Lipinski definition) is 1. The highest BCUT2D eigenvalue weighted by molar-refractivity contribution is 5.08. The van der Waals surface area contributed by atoms with Crippen LogP contribution in [0.1, 0.15) is 18.1 Å². The molecule has 0 aliphatic rings.